The minimum atomic E-state index is -0.780. The molecule has 0 aliphatic heterocycles. The van der Waals surface area contributed by atoms with Crippen LogP contribution in [0.1, 0.15) is 24.0 Å². The van der Waals surface area contributed by atoms with Crippen molar-refractivity contribution in [3.63, 3.8) is 0 Å². The molecule has 0 fully saturated rings. The number of esters is 2. The van der Waals surface area contributed by atoms with Gasteiger partial charge >= 0.3 is 11.9 Å². The van der Waals surface area contributed by atoms with Gasteiger partial charge in [0.2, 0.25) is 5.91 Å². The lowest BCUT2D eigenvalue weighted by Gasteiger charge is -2.16. The molecule has 1 aromatic carbocycles. The molecule has 1 amide bonds. The van der Waals surface area contributed by atoms with Gasteiger partial charge in [-0.2, -0.15) is 0 Å². The van der Waals surface area contributed by atoms with Gasteiger partial charge in [-0.25, -0.2) is 4.79 Å². The van der Waals surface area contributed by atoms with Crippen molar-refractivity contribution in [1.29, 1.82) is 0 Å². The molecule has 6 heteroatoms. The Labute approximate surface area is 129 Å². The number of rotatable bonds is 7. The minimum absolute atomic E-state index is 0.0270. The van der Waals surface area contributed by atoms with Gasteiger partial charge in [-0.1, -0.05) is 29.8 Å². The van der Waals surface area contributed by atoms with E-state index < -0.39 is 23.9 Å². The number of nitrogens with one attached hydrogen (secondary N) is 1. The fraction of sp³-hybridized carbons (Fsp3) is 0.438. The molecule has 6 nitrogen and oxygen atoms in total. The molecular weight excluding hydrogens is 286 g/mol. The molecule has 1 atom stereocenters. The first-order chi connectivity index (χ1) is 10.5. The molecule has 0 heterocycles. The second kappa shape index (κ2) is 8.81. The van der Waals surface area contributed by atoms with Crippen molar-refractivity contribution in [1.82, 2.24) is 5.32 Å². The van der Waals surface area contributed by atoms with Gasteiger partial charge in [-0.15, -0.1) is 0 Å². The van der Waals surface area contributed by atoms with Crippen LogP contribution < -0.4 is 5.32 Å². The van der Waals surface area contributed by atoms with Crippen molar-refractivity contribution in [3.8, 4) is 0 Å². The van der Waals surface area contributed by atoms with Gasteiger partial charge in [-0.3, -0.25) is 9.59 Å². The summed E-state index contributed by atoms with van der Waals surface area (Å²) in [7, 11) is 2.53. The smallest absolute Gasteiger partial charge is 0.328 e. The number of ether oxygens (including phenoxy) is 2. The lowest BCUT2D eigenvalue weighted by Crippen LogP contribution is -2.43. The molecular formula is C16H21NO5. The number of aryl methyl sites for hydroxylation is 1. The first-order valence-electron chi connectivity index (χ1n) is 6.95. The fourth-order valence-electron chi connectivity index (χ4n) is 1.88. The van der Waals surface area contributed by atoms with E-state index in [0.717, 1.165) is 11.1 Å². The summed E-state index contributed by atoms with van der Waals surface area (Å²) >= 11 is 0. The molecule has 0 aromatic heterocycles. The molecule has 1 rings (SSSR count). The van der Waals surface area contributed by atoms with Crippen LogP contribution in [0.4, 0.5) is 0 Å². The monoisotopic (exact) mass is 307 g/mol. The molecule has 0 bridgehead atoms. The molecule has 0 saturated carbocycles. The summed E-state index contributed by atoms with van der Waals surface area (Å²) < 4.78 is 9.18. The zero-order chi connectivity index (χ0) is 16.5. The van der Waals surface area contributed by atoms with Gasteiger partial charge in [0.15, 0.2) is 0 Å². The first kappa shape index (κ1) is 17.7. The van der Waals surface area contributed by atoms with Crippen LogP contribution in [0, 0.1) is 6.92 Å². The second-order valence-corrected chi connectivity index (χ2v) is 4.91. The Hall–Kier alpha value is -2.37. The lowest BCUT2D eigenvalue weighted by atomic mass is 10.0. The van der Waals surface area contributed by atoms with Crippen molar-refractivity contribution in [2.75, 3.05) is 14.2 Å². The van der Waals surface area contributed by atoms with Gasteiger partial charge in [0.1, 0.15) is 6.04 Å². The maximum absolute atomic E-state index is 11.8. The molecule has 0 spiro atoms. The molecule has 1 aromatic rings. The molecule has 22 heavy (non-hydrogen) atoms. The number of carbonyl (C=O) groups excluding carboxylic acids is 3. The first-order valence-corrected chi connectivity index (χ1v) is 6.95. The number of hydrogen-bond donors (Lipinski definition) is 1. The highest BCUT2D eigenvalue weighted by Crippen LogP contribution is 2.07. The Balaban J connectivity index is 2.64. The predicted octanol–water partition coefficient (Wildman–Crippen LogP) is 1.15. The molecule has 1 N–H and O–H groups in total. The Kier molecular flexibility index (Phi) is 7.08. The molecule has 0 aliphatic carbocycles. The highest BCUT2D eigenvalue weighted by atomic mass is 16.5. The predicted molar refractivity (Wildman–Crippen MR) is 80.1 cm³/mol. The quantitative estimate of drug-likeness (QED) is 0.764. The number of carbonyl (C=O) groups is 3. The van der Waals surface area contributed by atoms with Crippen LogP contribution in [0.15, 0.2) is 24.3 Å². The van der Waals surface area contributed by atoms with Gasteiger partial charge in [-0.05, 0) is 12.5 Å². The Bertz CT molecular complexity index is 524. The zero-order valence-corrected chi connectivity index (χ0v) is 13.0. The van der Waals surface area contributed by atoms with Crippen LogP contribution in [0.3, 0.4) is 0 Å². The van der Waals surface area contributed by atoms with E-state index in [-0.39, 0.29) is 12.8 Å². The van der Waals surface area contributed by atoms with E-state index >= 15 is 0 Å². The number of benzene rings is 1. The molecule has 0 unspecified atom stereocenters. The van der Waals surface area contributed by atoms with E-state index in [2.05, 4.69) is 10.1 Å². The average molecular weight is 307 g/mol. The summed E-state index contributed by atoms with van der Waals surface area (Å²) in [6.07, 6.45) is 0.270. The Morgan fingerprint density at radius 1 is 1.05 bits per heavy atom. The largest absolute Gasteiger partial charge is 0.469 e. The number of methoxy groups -OCH3 is 2. The van der Waals surface area contributed by atoms with Crippen LogP contribution >= 0.6 is 0 Å². The highest BCUT2D eigenvalue weighted by Gasteiger charge is 2.22. The topological polar surface area (TPSA) is 81.7 Å². The summed E-state index contributed by atoms with van der Waals surface area (Å²) in [6, 6.07) is 6.88. The van der Waals surface area contributed by atoms with E-state index in [1.165, 1.54) is 14.2 Å². The highest BCUT2D eigenvalue weighted by molar-refractivity contribution is 5.86. The fourth-order valence-corrected chi connectivity index (χ4v) is 1.88. The van der Waals surface area contributed by atoms with Crippen molar-refractivity contribution in [2.45, 2.75) is 32.2 Å². The second-order valence-electron chi connectivity index (χ2n) is 4.91. The van der Waals surface area contributed by atoms with E-state index in [0.29, 0.717) is 6.42 Å². The van der Waals surface area contributed by atoms with Crippen molar-refractivity contribution < 1.29 is 23.9 Å². The standard InChI is InChI=1S/C16H21NO5/c1-11-4-6-12(7-5-11)10-13(16(20)22-3)17-14(18)8-9-15(19)21-2/h4-7,13H,8-10H2,1-3H3,(H,17,18)/t13-/m1/s1. The lowest BCUT2D eigenvalue weighted by molar-refractivity contribution is -0.145. The van der Waals surface area contributed by atoms with E-state index in [9.17, 15) is 14.4 Å². The van der Waals surface area contributed by atoms with Crippen LogP contribution in [-0.2, 0) is 30.3 Å². The molecule has 0 radical (unpaired) electrons. The Morgan fingerprint density at radius 2 is 1.68 bits per heavy atom. The Morgan fingerprint density at radius 3 is 2.23 bits per heavy atom. The third kappa shape index (κ3) is 5.95. The SMILES string of the molecule is COC(=O)CCC(=O)N[C@H](Cc1ccc(C)cc1)C(=O)OC. The summed E-state index contributed by atoms with van der Waals surface area (Å²) in [6.45, 7) is 1.97. The summed E-state index contributed by atoms with van der Waals surface area (Å²) in [5, 5.41) is 2.59. The van der Waals surface area contributed by atoms with Gasteiger partial charge in [0, 0.05) is 12.8 Å². The van der Waals surface area contributed by atoms with Crippen LogP contribution in [0.5, 0.6) is 0 Å². The summed E-state index contributed by atoms with van der Waals surface area (Å²) in [4.78, 5) is 34.6. The van der Waals surface area contributed by atoms with E-state index in [1.807, 2.05) is 31.2 Å². The van der Waals surface area contributed by atoms with Crippen LogP contribution in [0.2, 0.25) is 0 Å². The van der Waals surface area contributed by atoms with Crippen molar-refractivity contribution >= 4 is 17.8 Å². The third-order valence-electron chi connectivity index (χ3n) is 3.17. The summed E-state index contributed by atoms with van der Waals surface area (Å²) in [5.41, 5.74) is 2.02. The van der Waals surface area contributed by atoms with Crippen molar-refractivity contribution in [3.05, 3.63) is 35.4 Å². The average Bonchev–Trinajstić information content (AvgIpc) is 2.53. The molecule has 0 aliphatic rings. The van der Waals surface area contributed by atoms with Gasteiger partial charge in [0.25, 0.3) is 0 Å². The van der Waals surface area contributed by atoms with Gasteiger partial charge in [0.05, 0.1) is 20.6 Å². The maximum Gasteiger partial charge on any atom is 0.328 e. The van der Waals surface area contributed by atoms with Crippen LogP contribution in [0.25, 0.3) is 0 Å². The van der Waals surface area contributed by atoms with Crippen molar-refractivity contribution in [2.24, 2.45) is 0 Å². The normalized spacial score (nSPS) is 11.4. The number of amides is 1. The molecule has 120 valence electrons. The van der Waals surface area contributed by atoms with E-state index in [4.69, 9.17) is 4.74 Å². The minimum Gasteiger partial charge on any atom is -0.469 e. The summed E-state index contributed by atoms with van der Waals surface area (Å²) in [5.74, 6) is -1.39. The van der Waals surface area contributed by atoms with Crippen LogP contribution in [-0.4, -0.2) is 38.1 Å². The third-order valence-corrected chi connectivity index (χ3v) is 3.17. The van der Waals surface area contributed by atoms with E-state index in [1.54, 1.807) is 0 Å². The van der Waals surface area contributed by atoms with Gasteiger partial charge < -0.3 is 14.8 Å². The maximum atomic E-state index is 11.8. The number of hydrogen-bond acceptors (Lipinski definition) is 5. The zero-order valence-electron chi connectivity index (χ0n) is 13.0. The molecule has 0 saturated heterocycles.